The van der Waals surface area contributed by atoms with Crippen molar-refractivity contribution >= 4 is 53.2 Å². The third kappa shape index (κ3) is 3.54. The lowest BCUT2D eigenvalue weighted by atomic mass is 9.95. The monoisotopic (exact) mass is 440 g/mol. The van der Waals surface area contributed by atoms with Gasteiger partial charge in [-0.15, -0.1) is 22.7 Å². The molecule has 0 bridgehead atoms. The molecule has 8 heteroatoms. The third-order valence-electron chi connectivity index (χ3n) is 4.99. The zero-order valence-corrected chi connectivity index (χ0v) is 18.6. The standard InChI is InChI=1S/C22H19BF2N2OS2/c1-12-9-17(14(3)29-12)20-19(11-16-7-5-6-8-26-16)27(23(24)25)22(28)21(20)18-10-13(2)30-15(18)4/h5-11H,1-4H3/b19-11-. The normalized spacial score (nSPS) is 15.6. The van der Waals surface area contributed by atoms with Crippen LogP contribution >= 0.6 is 22.7 Å². The van der Waals surface area contributed by atoms with E-state index in [1.807, 2.05) is 39.8 Å². The molecule has 1 aliphatic heterocycles. The molecule has 0 aromatic carbocycles. The molecular weight excluding hydrogens is 421 g/mol. The summed E-state index contributed by atoms with van der Waals surface area (Å²) in [5.74, 6) is -0.675. The van der Waals surface area contributed by atoms with Gasteiger partial charge in [0.1, 0.15) is 0 Å². The van der Waals surface area contributed by atoms with Crippen molar-refractivity contribution in [2.45, 2.75) is 27.7 Å². The summed E-state index contributed by atoms with van der Waals surface area (Å²) < 4.78 is 28.3. The van der Waals surface area contributed by atoms with Crippen molar-refractivity contribution < 1.29 is 13.4 Å². The van der Waals surface area contributed by atoms with Gasteiger partial charge in [-0.25, -0.2) is 0 Å². The van der Waals surface area contributed by atoms with Crippen LogP contribution in [0.4, 0.5) is 8.63 Å². The fraction of sp³-hybridized carbons (Fsp3) is 0.182. The third-order valence-corrected chi connectivity index (χ3v) is 6.92. The van der Waals surface area contributed by atoms with Gasteiger partial charge in [0.2, 0.25) is 0 Å². The van der Waals surface area contributed by atoms with E-state index in [-0.39, 0.29) is 5.70 Å². The van der Waals surface area contributed by atoms with Crippen molar-refractivity contribution in [2.75, 3.05) is 0 Å². The number of amides is 1. The second-order valence-corrected chi connectivity index (χ2v) is 10.1. The molecule has 152 valence electrons. The molecule has 0 unspecified atom stereocenters. The summed E-state index contributed by atoms with van der Waals surface area (Å²) in [7, 11) is -2.96. The maximum absolute atomic E-state index is 14.2. The number of carbonyl (C=O) groups excluding carboxylic acids is 1. The zero-order chi connectivity index (χ0) is 21.6. The second kappa shape index (κ2) is 7.93. The first kappa shape index (κ1) is 20.7. The van der Waals surface area contributed by atoms with Crippen molar-refractivity contribution in [3.63, 3.8) is 0 Å². The van der Waals surface area contributed by atoms with Gasteiger partial charge >= 0.3 is 7.40 Å². The van der Waals surface area contributed by atoms with Gasteiger partial charge in [-0.2, -0.15) is 0 Å². The smallest absolute Gasteiger partial charge is 0.291 e. The fourth-order valence-corrected chi connectivity index (χ4v) is 5.66. The van der Waals surface area contributed by atoms with E-state index in [1.54, 1.807) is 53.1 Å². The predicted molar refractivity (Wildman–Crippen MR) is 121 cm³/mol. The summed E-state index contributed by atoms with van der Waals surface area (Å²) in [5, 5.41) is 0. The quantitative estimate of drug-likeness (QED) is 0.456. The lowest BCUT2D eigenvalue weighted by Crippen LogP contribution is -2.34. The predicted octanol–water partition coefficient (Wildman–Crippen LogP) is 6.16. The Morgan fingerprint density at radius 1 is 0.967 bits per heavy atom. The average molecular weight is 440 g/mol. The Hall–Kier alpha value is -2.58. The number of aromatic nitrogens is 1. The summed E-state index contributed by atoms with van der Waals surface area (Å²) in [4.78, 5) is 22.2. The van der Waals surface area contributed by atoms with Crippen molar-refractivity contribution in [2.24, 2.45) is 0 Å². The molecule has 3 nitrogen and oxygen atoms in total. The number of aryl methyl sites for hydroxylation is 4. The minimum absolute atomic E-state index is 0.188. The van der Waals surface area contributed by atoms with Crippen LogP contribution in [0, 0.1) is 27.7 Å². The molecule has 0 fully saturated rings. The lowest BCUT2D eigenvalue weighted by molar-refractivity contribution is -0.119. The molecule has 3 aromatic heterocycles. The Morgan fingerprint density at radius 3 is 2.03 bits per heavy atom. The first-order chi connectivity index (χ1) is 14.3. The molecule has 4 heterocycles. The van der Waals surface area contributed by atoms with Crippen LogP contribution < -0.4 is 0 Å². The Bertz CT molecular complexity index is 1200. The molecule has 0 spiro atoms. The van der Waals surface area contributed by atoms with Gasteiger partial charge in [0.15, 0.2) is 0 Å². The van der Waals surface area contributed by atoms with Crippen LogP contribution in [0.2, 0.25) is 0 Å². The largest absolute Gasteiger partial charge is 0.680 e. The lowest BCUT2D eigenvalue weighted by Gasteiger charge is -2.17. The summed E-state index contributed by atoms with van der Waals surface area (Å²) >= 11 is 3.15. The summed E-state index contributed by atoms with van der Waals surface area (Å²) in [6, 6.07) is 9.17. The van der Waals surface area contributed by atoms with Crippen LogP contribution in [0.1, 0.15) is 36.3 Å². The van der Waals surface area contributed by atoms with E-state index in [1.165, 1.54) is 0 Å². The molecule has 0 aliphatic carbocycles. The zero-order valence-electron chi connectivity index (χ0n) is 17.0. The molecule has 0 radical (unpaired) electrons. The topological polar surface area (TPSA) is 33.2 Å². The van der Waals surface area contributed by atoms with Gasteiger partial charge in [-0.3, -0.25) is 23.2 Å². The molecule has 4 rings (SSSR count). The second-order valence-electron chi connectivity index (χ2n) is 7.14. The van der Waals surface area contributed by atoms with Crippen LogP contribution in [0.25, 0.3) is 17.2 Å². The van der Waals surface area contributed by atoms with Crippen molar-refractivity contribution in [1.29, 1.82) is 0 Å². The van der Waals surface area contributed by atoms with Crippen LogP contribution in [-0.4, -0.2) is 23.1 Å². The van der Waals surface area contributed by atoms with E-state index >= 15 is 0 Å². The Balaban J connectivity index is 2.07. The summed E-state index contributed by atoms with van der Waals surface area (Å²) in [6.45, 7) is 7.81. The number of nitrogens with zero attached hydrogens (tertiary/aromatic N) is 2. The Kier molecular flexibility index (Phi) is 5.47. The van der Waals surface area contributed by atoms with Crippen LogP contribution in [0.5, 0.6) is 0 Å². The van der Waals surface area contributed by atoms with E-state index in [2.05, 4.69) is 4.98 Å². The van der Waals surface area contributed by atoms with Crippen molar-refractivity contribution in [3.05, 3.63) is 78.6 Å². The molecule has 3 aromatic rings. The summed E-state index contributed by atoms with van der Waals surface area (Å²) in [5.41, 5.74) is 3.12. The van der Waals surface area contributed by atoms with Crippen molar-refractivity contribution in [1.82, 2.24) is 9.79 Å². The highest BCUT2D eigenvalue weighted by Gasteiger charge is 2.45. The Labute approximate surface area is 182 Å². The average Bonchev–Trinajstić information content (AvgIpc) is 3.28. The maximum Gasteiger partial charge on any atom is 0.680 e. The van der Waals surface area contributed by atoms with Gasteiger partial charge in [-0.05, 0) is 63.6 Å². The minimum atomic E-state index is -2.96. The van der Waals surface area contributed by atoms with E-state index in [4.69, 9.17) is 0 Å². The minimum Gasteiger partial charge on any atom is -0.291 e. The van der Waals surface area contributed by atoms with E-state index in [0.29, 0.717) is 21.7 Å². The SMILES string of the molecule is Cc1cc(C2=C(c3cc(C)sc3C)/C(=C/c3ccccn3)N(B(F)F)C2=O)c(C)s1. The van der Waals surface area contributed by atoms with Gasteiger partial charge < -0.3 is 0 Å². The van der Waals surface area contributed by atoms with Gasteiger partial charge in [0.05, 0.1) is 11.3 Å². The molecule has 30 heavy (non-hydrogen) atoms. The summed E-state index contributed by atoms with van der Waals surface area (Å²) in [6.07, 6.45) is 3.18. The molecule has 0 N–H and O–H groups in total. The number of carbonyl (C=O) groups is 1. The fourth-order valence-electron chi connectivity index (χ4n) is 3.80. The maximum atomic E-state index is 14.2. The van der Waals surface area contributed by atoms with Crippen LogP contribution in [0.3, 0.4) is 0 Å². The van der Waals surface area contributed by atoms with Crippen LogP contribution in [0.15, 0.2) is 42.2 Å². The molecule has 0 saturated heterocycles. The van der Waals surface area contributed by atoms with E-state index in [0.717, 1.165) is 30.6 Å². The molecule has 0 saturated carbocycles. The number of hydrogen-bond acceptors (Lipinski definition) is 4. The number of thiophene rings is 2. The number of rotatable bonds is 4. The van der Waals surface area contributed by atoms with E-state index < -0.39 is 13.3 Å². The highest BCUT2D eigenvalue weighted by molar-refractivity contribution is 7.12. The first-order valence-corrected chi connectivity index (χ1v) is 11.0. The van der Waals surface area contributed by atoms with Gasteiger partial charge in [0.25, 0.3) is 5.91 Å². The number of hydrogen-bond donors (Lipinski definition) is 0. The number of pyridine rings is 1. The van der Waals surface area contributed by atoms with Crippen LogP contribution in [-0.2, 0) is 4.79 Å². The molecular formula is C22H19BF2N2OS2. The number of halogens is 2. The highest BCUT2D eigenvalue weighted by Crippen LogP contribution is 2.47. The highest BCUT2D eigenvalue weighted by atomic mass is 32.1. The van der Waals surface area contributed by atoms with Gasteiger partial charge in [0, 0.05) is 42.5 Å². The van der Waals surface area contributed by atoms with Gasteiger partial charge in [-0.1, -0.05) is 6.07 Å². The van der Waals surface area contributed by atoms with Crippen molar-refractivity contribution in [3.8, 4) is 0 Å². The van der Waals surface area contributed by atoms with E-state index in [9.17, 15) is 13.4 Å². The molecule has 0 atom stereocenters. The first-order valence-electron chi connectivity index (χ1n) is 9.42. The molecule has 1 aliphatic rings. The molecule has 1 amide bonds. The number of allylic oxidation sites excluding steroid dienone is 1. The Morgan fingerprint density at radius 2 is 1.57 bits per heavy atom.